The van der Waals surface area contributed by atoms with Crippen molar-refractivity contribution in [1.82, 2.24) is 106 Å². The summed E-state index contributed by atoms with van der Waals surface area (Å²) in [6.45, 7) is 35.8. The predicted molar refractivity (Wildman–Crippen MR) is 499 cm³/mol. The Balaban J connectivity index is 6.29. The Bertz CT molecular complexity index is 4120. The first kappa shape index (κ1) is 123. The lowest BCUT2D eigenvalue weighted by Crippen LogP contribution is -2.66. The largest absolute Gasteiger partial charge is 0.368 e. The Labute approximate surface area is 787 Å². The van der Waals surface area contributed by atoms with Gasteiger partial charge in [0.15, 0.2) is 0 Å². The fourth-order valence-electron chi connectivity index (χ4n) is 12.4. The van der Waals surface area contributed by atoms with Gasteiger partial charge in [0, 0.05) is 6.92 Å². The normalized spacial score (nSPS) is 14.4. The van der Waals surface area contributed by atoms with Crippen molar-refractivity contribution >= 4 is 124 Å². The minimum absolute atomic E-state index is 0.00762. The smallest absolute Gasteiger partial charge is 0.245 e. The number of hydrogen-bond acceptors (Lipinski definition) is 26. The van der Waals surface area contributed by atoms with E-state index in [2.05, 4.69) is 106 Å². The van der Waals surface area contributed by atoms with Crippen molar-refractivity contribution in [2.45, 2.75) is 392 Å². The van der Waals surface area contributed by atoms with E-state index in [0.717, 1.165) is 0 Å². The minimum atomic E-state index is -1.83. The number of hydrogen-bond donors (Lipinski definition) is 26. The summed E-state index contributed by atoms with van der Waals surface area (Å²) < 4.78 is 0. The fraction of sp³-hybridized carbons (Fsp3) is 0.759. The zero-order chi connectivity index (χ0) is 104. The summed E-state index contributed by atoms with van der Waals surface area (Å²) in [5.74, 6) is -17.3. The number of amides is 21. The highest BCUT2D eigenvalue weighted by Gasteiger charge is 2.46. The molecule has 0 aromatic carbocycles. The van der Waals surface area contributed by atoms with Gasteiger partial charge >= 0.3 is 0 Å². The molecule has 0 bridgehead atoms. The summed E-state index contributed by atoms with van der Waals surface area (Å²) in [5, 5.41) is 51.2. The van der Waals surface area contributed by atoms with Crippen molar-refractivity contribution in [3.05, 3.63) is 0 Å². The highest BCUT2D eigenvalue weighted by molar-refractivity contribution is 6.05. The third-order valence-corrected chi connectivity index (χ3v) is 21.7. The maximum absolute atomic E-state index is 14.2. The number of rotatable bonds is 60. The van der Waals surface area contributed by atoms with Gasteiger partial charge in [-0.05, 0) is 302 Å². The quantitative estimate of drug-likeness (QED) is 0.0252. The van der Waals surface area contributed by atoms with Crippen LogP contribution >= 0.6 is 0 Å². The molecular formula is C87H160N26O21. The van der Waals surface area contributed by atoms with Crippen LogP contribution in [-0.4, -0.2) is 273 Å². The van der Waals surface area contributed by atoms with Crippen LogP contribution in [0.25, 0.3) is 0 Å². The van der Waals surface area contributed by atoms with Crippen molar-refractivity contribution in [2.75, 3.05) is 32.7 Å². The van der Waals surface area contributed by atoms with Gasteiger partial charge in [-0.25, -0.2) is 0 Å². The zero-order valence-corrected chi connectivity index (χ0v) is 83.5. The molecule has 0 saturated carbocycles. The van der Waals surface area contributed by atoms with Gasteiger partial charge in [0.25, 0.3) is 0 Å². The number of unbranched alkanes of at least 4 members (excludes halogenated alkanes) is 5. The average Bonchev–Trinajstić information content (AvgIpc) is 0.834. The lowest BCUT2D eigenvalue weighted by Gasteiger charge is -2.33. The Morgan fingerprint density at radius 2 is 0.321 bits per heavy atom. The molecule has 0 heterocycles. The van der Waals surface area contributed by atoms with Crippen molar-refractivity contribution in [3.63, 3.8) is 0 Å². The standard InChI is InChI=1S/C87H160N26O21/c1-47(58(93)115)94-68(125)79(9,10)109-64(121)54(38-28-33-43-89)100-74(131)84(19,20)105-60(117)49(3)96-70(127)81(13,14)111-66(123)56(40-30-35-45-91)102-76(133)86(23,24)107-62(119)51(5)98-72(129)83(17,18)113-67(124)57(41-31-36-46-92)103-77(134)87(25,26)108-61(118)50(4)97-71(128)82(15,16)112-65(122)55(39-29-34-44-90)101-75(132)85(21,22)106-59(116)48(2)95-69(126)80(11,12)110-63(120)53(37-27-32-42-88)99-73(130)78(7,8)104-52(6)114/h47-51,53-57H,27-46,88-92H2,1-26H3,(H2,93,115)(H,94,125)(H,95,126)(H,96,127)(H,97,128)(H,98,129)(H,99,130)(H,100,131)(H,101,132)(H,102,133)(H,103,134)(H,104,114)(H,105,117)(H,106,116)(H,107,119)(H,108,118)(H,109,121)(H,110,120)(H,111,123)(H,112,122)(H,113,124)/t47-,48-,49-,50-,51-,53-,54-,55-,56-,57-/m0/s1. The second-order valence-corrected chi connectivity index (χ2v) is 39.3. The van der Waals surface area contributed by atoms with Crippen LogP contribution in [0.1, 0.15) is 276 Å². The van der Waals surface area contributed by atoms with Crippen LogP contribution in [0.2, 0.25) is 0 Å². The molecule has 0 fully saturated rings. The highest BCUT2D eigenvalue weighted by atomic mass is 16.2. The molecule has 32 N–H and O–H groups in total. The first-order valence-corrected chi connectivity index (χ1v) is 45.3. The predicted octanol–water partition coefficient (Wildman–Crippen LogP) is -5.97. The maximum atomic E-state index is 14.2. The molecule has 0 unspecified atom stereocenters. The van der Waals surface area contributed by atoms with Crippen LogP contribution in [0.5, 0.6) is 0 Å². The molecule has 0 rings (SSSR count). The van der Waals surface area contributed by atoms with Gasteiger partial charge in [-0.15, -0.1) is 0 Å². The molecule has 47 heteroatoms. The summed E-state index contributed by atoms with van der Waals surface area (Å²) >= 11 is 0. The van der Waals surface area contributed by atoms with Crippen molar-refractivity contribution in [3.8, 4) is 0 Å². The number of carbonyl (C=O) groups excluding carboxylic acids is 21. The van der Waals surface area contributed by atoms with Crippen LogP contribution in [0.15, 0.2) is 0 Å². The van der Waals surface area contributed by atoms with E-state index in [1.54, 1.807) is 0 Å². The van der Waals surface area contributed by atoms with E-state index in [1.165, 1.54) is 180 Å². The minimum Gasteiger partial charge on any atom is -0.368 e. The van der Waals surface area contributed by atoms with Crippen LogP contribution in [0.3, 0.4) is 0 Å². The van der Waals surface area contributed by atoms with E-state index >= 15 is 0 Å². The van der Waals surface area contributed by atoms with Gasteiger partial charge in [0.1, 0.15) is 116 Å². The van der Waals surface area contributed by atoms with E-state index < -0.39 is 240 Å². The lowest BCUT2D eigenvalue weighted by molar-refractivity contribution is -0.139. The van der Waals surface area contributed by atoms with Gasteiger partial charge in [0.2, 0.25) is 124 Å². The molecule has 0 aliphatic heterocycles. The van der Waals surface area contributed by atoms with Gasteiger partial charge in [-0.3, -0.25) is 101 Å². The van der Waals surface area contributed by atoms with Gasteiger partial charge < -0.3 is 141 Å². The average molecular weight is 1910 g/mol. The molecule has 764 valence electrons. The number of nitrogens with one attached hydrogen (secondary N) is 20. The van der Waals surface area contributed by atoms with E-state index in [0.29, 0.717) is 64.3 Å². The van der Waals surface area contributed by atoms with E-state index in [4.69, 9.17) is 34.4 Å². The van der Waals surface area contributed by atoms with Gasteiger partial charge in [-0.1, -0.05) is 0 Å². The molecule has 0 aromatic heterocycles. The maximum Gasteiger partial charge on any atom is 0.245 e. The number of carbonyl (C=O) groups is 21. The summed E-state index contributed by atoms with van der Waals surface area (Å²) in [6.07, 6.45) is 4.00. The molecule has 0 aliphatic carbocycles. The fourth-order valence-corrected chi connectivity index (χ4v) is 12.4. The molecule has 0 spiro atoms. The van der Waals surface area contributed by atoms with Gasteiger partial charge in [0.05, 0.1) is 0 Å². The van der Waals surface area contributed by atoms with Crippen LogP contribution in [0.4, 0.5) is 0 Å². The Kier molecular flexibility index (Phi) is 49.1. The Morgan fingerprint density at radius 1 is 0.194 bits per heavy atom. The summed E-state index contributed by atoms with van der Waals surface area (Å²) in [6, 6.07) is -13.0. The lowest BCUT2D eigenvalue weighted by atomic mass is 9.98. The van der Waals surface area contributed by atoms with Crippen molar-refractivity contribution in [2.24, 2.45) is 34.4 Å². The molecule has 0 radical (unpaired) electrons. The molecule has 21 amide bonds. The van der Waals surface area contributed by atoms with E-state index in [9.17, 15) is 101 Å². The summed E-state index contributed by atoms with van der Waals surface area (Å²) in [7, 11) is 0. The topological polar surface area (TPSA) is 755 Å². The summed E-state index contributed by atoms with van der Waals surface area (Å²) in [5.41, 5.74) is 16.7. The molecule has 0 saturated heterocycles. The molecule has 47 nitrogen and oxygen atoms in total. The first-order valence-electron chi connectivity index (χ1n) is 45.3. The Morgan fingerprint density at radius 3 is 0.455 bits per heavy atom. The third kappa shape index (κ3) is 41.7. The molecule has 0 aromatic rings. The number of nitrogens with two attached hydrogens (primary N) is 6. The van der Waals surface area contributed by atoms with E-state index in [-0.39, 0.29) is 64.7 Å². The van der Waals surface area contributed by atoms with Crippen LogP contribution in [0, 0.1) is 0 Å². The molecule has 10 atom stereocenters. The molecule has 134 heavy (non-hydrogen) atoms. The second kappa shape index (κ2) is 53.7. The summed E-state index contributed by atoms with van der Waals surface area (Å²) in [4.78, 5) is 286. The van der Waals surface area contributed by atoms with Gasteiger partial charge in [-0.2, -0.15) is 0 Å². The first-order chi connectivity index (χ1) is 61.2. The highest BCUT2D eigenvalue weighted by Crippen LogP contribution is 2.19. The SMILES string of the molecule is CC(=O)NC(C)(C)C(=O)N[C@@H](CCCCN)C(=O)NC(C)(C)C(=O)N[C@@H](C)C(=O)NC(C)(C)C(=O)N[C@@H](CCCCN)C(=O)NC(C)(C)C(=O)N[C@@H](C)C(=O)NC(C)(C)C(=O)N[C@@H](CCCCN)C(=O)NC(C)(C)C(=O)N[C@@H](C)C(=O)NC(C)(C)C(=O)N[C@@H](CCCCN)C(=O)NC(C)(C)C(=O)N[C@@H](C)C(=O)NC(C)(C)C(=O)N[C@@H](CCCCN)C(=O)NC(C)(C)C(=O)N[C@@H](C)C(N)=O. The van der Waals surface area contributed by atoms with E-state index in [1.807, 2.05) is 0 Å². The Hall–Kier alpha value is -11.3. The van der Waals surface area contributed by atoms with Crippen molar-refractivity contribution < 1.29 is 101 Å². The van der Waals surface area contributed by atoms with Crippen molar-refractivity contribution in [1.29, 1.82) is 0 Å². The molecule has 0 aliphatic rings. The monoisotopic (exact) mass is 1910 g/mol. The number of primary amides is 1. The van der Waals surface area contributed by atoms with Crippen LogP contribution < -0.4 is 141 Å². The second-order valence-electron chi connectivity index (χ2n) is 39.3. The van der Waals surface area contributed by atoms with Crippen LogP contribution in [-0.2, 0) is 101 Å². The third-order valence-electron chi connectivity index (χ3n) is 21.7. The zero-order valence-electron chi connectivity index (χ0n) is 83.5. The molecular weight excluding hydrogens is 1750 g/mol.